The van der Waals surface area contributed by atoms with Crippen molar-refractivity contribution < 1.29 is 9.47 Å². The SMILES string of the molecule is N#CC(NCCN=[N+]=[N-])c1cc(Br)c2c(c1)OCO2. The fourth-order valence-corrected chi connectivity index (χ4v) is 2.27. The molecule has 0 amide bonds. The monoisotopic (exact) mass is 323 g/mol. The Kier molecular flexibility index (Phi) is 4.47. The quantitative estimate of drug-likeness (QED) is 0.389. The van der Waals surface area contributed by atoms with Gasteiger partial charge < -0.3 is 9.47 Å². The van der Waals surface area contributed by atoms with Gasteiger partial charge in [0.1, 0.15) is 6.04 Å². The van der Waals surface area contributed by atoms with Crippen LogP contribution in [0.1, 0.15) is 11.6 Å². The van der Waals surface area contributed by atoms with Gasteiger partial charge in [0.15, 0.2) is 11.5 Å². The van der Waals surface area contributed by atoms with Gasteiger partial charge in [0.2, 0.25) is 6.79 Å². The first-order valence-electron chi connectivity index (χ1n) is 5.49. The molecule has 0 aliphatic carbocycles. The molecular weight excluding hydrogens is 314 g/mol. The second kappa shape index (κ2) is 6.29. The second-order valence-corrected chi connectivity index (χ2v) is 4.56. The number of fused-ring (bicyclic) bond motifs is 1. The Bertz CT molecular complexity index is 565. The van der Waals surface area contributed by atoms with Crippen LogP contribution in [0.3, 0.4) is 0 Å². The van der Waals surface area contributed by atoms with E-state index in [0.717, 1.165) is 10.0 Å². The van der Waals surface area contributed by atoms with Crippen LogP contribution in [0.15, 0.2) is 21.7 Å². The molecule has 0 aromatic heterocycles. The molecular formula is C11H10BrN5O2. The zero-order valence-corrected chi connectivity index (χ0v) is 11.4. The first-order valence-corrected chi connectivity index (χ1v) is 6.28. The number of hydrogen-bond acceptors (Lipinski definition) is 5. The van der Waals surface area contributed by atoms with Crippen LogP contribution in [-0.4, -0.2) is 19.9 Å². The average Bonchev–Trinajstić information content (AvgIpc) is 2.88. The van der Waals surface area contributed by atoms with E-state index in [1.807, 2.05) is 6.07 Å². The molecule has 1 aliphatic heterocycles. The highest BCUT2D eigenvalue weighted by molar-refractivity contribution is 9.10. The van der Waals surface area contributed by atoms with Crippen LogP contribution in [0.2, 0.25) is 0 Å². The van der Waals surface area contributed by atoms with E-state index < -0.39 is 6.04 Å². The maximum atomic E-state index is 9.17. The van der Waals surface area contributed by atoms with E-state index >= 15 is 0 Å². The molecule has 0 saturated carbocycles. The summed E-state index contributed by atoms with van der Waals surface area (Å²) < 4.78 is 11.3. The first-order chi connectivity index (χ1) is 9.26. The van der Waals surface area contributed by atoms with Gasteiger partial charge in [-0.05, 0) is 39.2 Å². The fraction of sp³-hybridized carbons (Fsp3) is 0.364. The van der Waals surface area contributed by atoms with Gasteiger partial charge in [0.25, 0.3) is 0 Å². The van der Waals surface area contributed by atoms with Crippen molar-refractivity contribution in [1.29, 1.82) is 5.26 Å². The predicted octanol–water partition coefficient (Wildman–Crippen LogP) is 2.64. The Hall–Kier alpha value is -1.94. The van der Waals surface area contributed by atoms with Crippen molar-refractivity contribution in [3.8, 4) is 17.6 Å². The molecule has 98 valence electrons. The zero-order chi connectivity index (χ0) is 13.7. The molecule has 7 nitrogen and oxygen atoms in total. The van der Waals surface area contributed by atoms with E-state index in [2.05, 4.69) is 37.3 Å². The number of halogens is 1. The molecule has 1 N–H and O–H groups in total. The highest BCUT2D eigenvalue weighted by Crippen LogP contribution is 2.41. The normalized spacial score (nSPS) is 13.5. The Morgan fingerprint density at radius 3 is 3.16 bits per heavy atom. The van der Waals surface area contributed by atoms with Crippen LogP contribution in [-0.2, 0) is 0 Å². The van der Waals surface area contributed by atoms with E-state index in [4.69, 9.17) is 15.0 Å². The van der Waals surface area contributed by atoms with E-state index in [-0.39, 0.29) is 6.79 Å². The number of nitrogens with zero attached hydrogens (tertiary/aromatic N) is 4. The average molecular weight is 324 g/mol. The second-order valence-electron chi connectivity index (χ2n) is 3.71. The number of azide groups is 1. The van der Waals surface area contributed by atoms with Gasteiger partial charge in [0.05, 0.1) is 10.5 Å². The molecule has 0 radical (unpaired) electrons. The lowest BCUT2D eigenvalue weighted by Gasteiger charge is -2.12. The molecule has 0 spiro atoms. The van der Waals surface area contributed by atoms with Crippen molar-refractivity contribution >= 4 is 15.9 Å². The molecule has 8 heteroatoms. The topological polar surface area (TPSA) is 103 Å². The highest BCUT2D eigenvalue weighted by atomic mass is 79.9. The van der Waals surface area contributed by atoms with E-state index in [1.165, 1.54) is 0 Å². The molecule has 1 heterocycles. The maximum absolute atomic E-state index is 9.17. The minimum atomic E-state index is -0.500. The molecule has 19 heavy (non-hydrogen) atoms. The zero-order valence-electron chi connectivity index (χ0n) is 9.84. The van der Waals surface area contributed by atoms with Crippen LogP contribution < -0.4 is 14.8 Å². The first kappa shape index (κ1) is 13.5. The number of benzene rings is 1. The van der Waals surface area contributed by atoms with Crippen LogP contribution in [0.5, 0.6) is 11.5 Å². The third-order valence-corrected chi connectivity index (χ3v) is 3.12. The fourth-order valence-electron chi connectivity index (χ4n) is 1.70. The van der Waals surface area contributed by atoms with Crippen molar-refractivity contribution in [2.24, 2.45) is 5.11 Å². The number of nitrogens with one attached hydrogen (secondary N) is 1. The van der Waals surface area contributed by atoms with Crippen molar-refractivity contribution in [3.63, 3.8) is 0 Å². The van der Waals surface area contributed by atoms with Gasteiger partial charge in [-0.1, -0.05) is 5.11 Å². The summed E-state index contributed by atoms with van der Waals surface area (Å²) in [6.45, 7) is 0.896. The molecule has 0 bridgehead atoms. The van der Waals surface area contributed by atoms with E-state index in [9.17, 15) is 5.26 Å². The third kappa shape index (κ3) is 3.09. The van der Waals surface area contributed by atoms with Gasteiger partial charge in [-0.15, -0.1) is 0 Å². The lowest BCUT2D eigenvalue weighted by atomic mass is 10.1. The van der Waals surface area contributed by atoms with Crippen LogP contribution >= 0.6 is 15.9 Å². The van der Waals surface area contributed by atoms with Crippen LogP contribution in [0.4, 0.5) is 0 Å². The van der Waals surface area contributed by atoms with Crippen LogP contribution in [0.25, 0.3) is 10.4 Å². The van der Waals surface area contributed by atoms with Gasteiger partial charge in [-0.25, -0.2) is 0 Å². The van der Waals surface area contributed by atoms with Gasteiger partial charge in [-0.3, -0.25) is 5.32 Å². The van der Waals surface area contributed by atoms with Gasteiger partial charge in [0, 0.05) is 18.0 Å². The Morgan fingerprint density at radius 2 is 2.42 bits per heavy atom. The Balaban J connectivity index is 2.13. The molecule has 1 aromatic rings. The van der Waals surface area contributed by atoms with E-state index in [1.54, 1.807) is 6.07 Å². The standard InChI is InChI=1S/C11H10BrN5O2/c12-8-3-7(4-10-11(8)19-6-18-10)9(5-13)15-1-2-16-17-14/h3-4,9,15H,1-2,6H2. The minimum Gasteiger partial charge on any atom is -0.454 e. The smallest absolute Gasteiger partial charge is 0.231 e. The number of nitriles is 1. The number of hydrogen-bond donors (Lipinski definition) is 1. The minimum absolute atomic E-state index is 0.179. The van der Waals surface area contributed by atoms with Gasteiger partial charge in [-0.2, -0.15) is 5.26 Å². The summed E-state index contributed by atoms with van der Waals surface area (Å²) in [6.07, 6.45) is 0. The van der Waals surface area contributed by atoms with Crippen molar-refractivity contribution in [3.05, 3.63) is 32.6 Å². The molecule has 1 atom stereocenters. The Morgan fingerprint density at radius 1 is 1.58 bits per heavy atom. The van der Waals surface area contributed by atoms with Crippen molar-refractivity contribution in [2.45, 2.75) is 6.04 Å². The highest BCUT2D eigenvalue weighted by Gasteiger charge is 2.21. The molecule has 1 aliphatic rings. The van der Waals surface area contributed by atoms with Gasteiger partial charge >= 0.3 is 0 Å². The lowest BCUT2D eigenvalue weighted by Crippen LogP contribution is -2.22. The molecule has 2 rings (SSSR count). The van der Waals surface area contributed by atoms with E-state index in [0.29, 0.717) is 24.6 Å². The summed E-state index contributed by atoms with van der Waals surface area (Å²) in [5.74, 6) is 1.26. The molecule has 0 saturated heterocycles. The molecule has 1 unspecified atom stereocenters. The van der Waals surface area contributed by atoms with Crippen molar-refractivity contribution in [1.82, 2.24) is 5.32 Å². The summed E-state index contributed by atoms with van der Waals surface area (Å²) in [4.78, 5) is 2.65. The largest absolute Gasteiger partial charge is 0.454 e. The molecule has 1 aromatic carbocycles. The Labute approximate surface area is 117 Å². The number of ether oxygens (including phenoxy) is 2. The summed E-state index contributed by atoms with van der Waals surface area (Å²) in [7, 11) is 0. The predicted molar refractivity (Wildman–Crippen MR) is 70.6 cm³/mol. The third-order valence-electron chi connectivity index (χ3n) is 2.54. The molecule has 0 fully saturated rings. The summed E-state index contributed by atoms with van der Waals surface area (Å²) in [5.41, 5.74) is 8.94. The lowest BCUT2D eigenvalue weighted by molar-refractivity contribution is 0.173. The summed E-state index contributed by atoms with van der Waals surface area (Å²) >= 11 is 3.38. The maximum Gasteiger partial charge on any atom is 0.231 e. The summed E-state index contributed by atoms with van der Waals surface area (Å²) in [6, 6.07) is 5.22. The summed E-state index contributed by atoms with van der Waals surface area (Å²) in [5, 5.41) is 15.6. The van der Waals surface area contributed by atoms with Crippen molar-refractivity contribution in [2.75, 3.05) is 19.9 Å². The number of rotatable bonds is 5. The van der Waals surface area contributed by atoms with Crippen LogP contribution in [0, 0.1) is 11.3 Å².